The molecule has 0 heterocycles. The summed E-state index contributed by atoms with van der Waals surface area (Å²) in [6.07, 6.45) is 0.951. The molecule has 0 fully saturated rings. The molecule has 5 nitrogen and oxygen atoms in total. The quantitative estimate of drug-likeness (QED) is 0.641. The molecular weight excluding hydrogens is 376 g/mol. The Hall–Kier alpha value is -2.82. The van der Waals surface area contributed by atoms with Crippen molar-refractivity contribution in [3.05, 3.63) is 65.2 Å². The Labute approximate surface area is 180 Å². The number of aryl methyl sites for hydroxylation is 2. The van der Waals surface area contributed by atoms with Gasteiger partial charge in [0.1, 0.15) is 11.8 Å². The van der Waals surface area contributed by atoms with Gasteiger partial charge in [0.15, 0.2) is 6.61 Å². The number of nitrogens with one attached hydrogen (secondary N) is 1. The minimum Gasteiger partial charge on any atom is -0.484 e. The van der Waals surface area contributed by atoms with E-state index in [0.717, 1.165) is 17.5 Å². The van der Waals surface area contributed by atoms with Gasteiger partial charge >= 0.3 is 0 Å². The third-order valence-electron chi connectivity index (χ3n) is 4.98. The zero-order chi connectivity index (χ0) is 22.1. The highest BCUT2D eigenvalue weighted by molar-refractivity contribution is 5.87. The molecule has 30 heavy (non-hydrogen) atoms. The fourth-order valence-electron chi connectivity index (χ4n) is 3.09. The van der Waals surface area contributed by atoms with Crippen molar-refractivity contribution < 1.29 is 14.3 Å². The lowest BCUT2D eigenvalue weighted by atomic mass is 10.1. The second-order valence-corrected chi connectivity index (χ2v) is 8.11. The van der Waals surface area contributed by atoms with Gasteiger partial charge in [0.05, 0.1) is 0 Å². The first-order chi connectivity index (χ1) is 14.3. The fraction of sp³-hybridized carbons (Fsp3) is 0.440. The van der Waals surface area contributed by atoms with Crippen LogP contribution in [0.5, 0.6) is 5.75 Å². The molecule has 162 valence electrons. The highest BCUT2D eigenvalue weighted by Gasteiger charge is 2.26. The van der Waals surface area contributed by atoms with Crippen LogP contribution in [0.2, 0.25) is 0 Å². The zero-order valence-electron chi connectivity index (χ0n) is 18.8. The van der Waals surface area contributed by atoms with Crippen molar-refractivity contribution in [1.29, 1.82) is 0 Å². The van der Waals surface area contributed by atoms with E-state index in [4.69, 9.17) is 4.74 Å². The van der Waals surface area contributed by atoms with Gasteiger partial charge in [-0.25, -0.2) is 0 Å². The van der Waals surface area contributed by atoms with Gasteiger partial charge in [0.25, 0.3) is 5.91 Å². The van der Waals surface area contributed by atoms with Crippen LogP contribution in [0, 0.1) is 12.8 Å². The first-order valence-electron chi connectivity index (χ1n) is 10.6. The molecule has 0 aliphatic carbocycles. The number of hydrogen-bond acceptors (Lipinski definition) is 3. The first kappa shape index (κ1) is 23.5. The topological polar surface area (TPSA) is 58.6 Å². The van der Waals surface area contributed by atoms with E-state index in [1.807, 2.05) is 69.3 Å². The second-order valence-electron chi connectivity index (χ2n) is 8.11. The van der Waals surface area contributed by atoms with E-state index in [-0.39, 0.29) is 18.4 Å². The summed E-state index contributed by atoms with van der Waals surface area (Å²) >= 11 is 0. The summed E-state index contributed by atoms with van der Waals surface area (Å²) in [6.45, 7) is 10.8. The molecule has 0 spiro atoms. The largest absolute Gasteiger partial charge is 0.484 e. The molecule has 0 unspecified atom stereocenters. The van der Waals surface area contributed by atoms with Crippen LogP contribution in [-0.2, 0) is 22.6 Å². The van der Waals surface area contributed by atoms with Crippen molar-refractivity contribution in [1.82, 2.24) is 10.2 Å². The second kappa shape index (κ2) is 11.4. The normalized spacial score (nSPS) is 11.8. The van der Waals surface area contributed by atoms with Gasteiger partial charge in [0, 0.05) is 13.1 Å². The van der Waals surface area contributed by atoms with Crippen LogP contribution in [-0.4, -0.2) is 35.9 Å². The number of nitrogens with zero attached hydrogens (tertiary/aromatic N) is 1. The van der Waals surface area contributed by atoms with Gasteiger partial charge in [-0.05, 0) is 49.4 Å². The third-order valence-corrected chi connectivity index (χ3v) is 4.98. The summed E-state index contributed by atoms with van der Waals surface area (Å²) in [5.41, 5.74) is 3.31. The van der Waals surface area contributed by atoms with Crippen molar-refractivity contribution >= 4 is 11.8 Å². The Kier molecular flexibility index (Phi) is 8.90. The summed E-state index contributed by atoms with van der Waals surface area (Å²) in [5.74, 6) is 0.616. The van der Waals surface area contributed by atoms with Crippen LogP contribution in [0.15, 0.2) is 48.5 Å². The first-order valence-corrected chi connectivity index (χ1v) is 10.6. The minimum atomic E-state index is -0.595. The minimum absolute atomic E-state index is 0.112. The Bertz CT molecular complexity index is 831. The molecule has 0 saturated heterocycles. The van der Waals surface area contributed by atoms with Crippen molar-refractivity contribution in [3.63, 3.8) is 0 Å². The molecule has 2 aromatic rings. The van der Waals surface area contributed by atoms with Gasteiger partial charge in [-0.15, -0.1) is 0 Å². The maximum absolute atomic E-state index is 13.0. The standard InChI is InChI=1S/C25H34N2O3/c1-6-21-10-12-23(13-11-21)30-17-24(28)27(16-22-9-7-8-19(4)14-22)20(5)25(29)26-15-18(2)3/h7-14,18,20H,6,15-17H2,1-5H3,(H,26,29)/t20-/m1/s1. The lowest BCUT2D eigenvalue weighted by Gasteiger charge is -2.29. The summed E-state index contributed by atoms with van der Waals surface area (Å²) in [4.78, 5) is 27.3. The van der Waals surface area contributed by atoms with Crippen LogP contribution in [0.3, 0.4) is 0 Å². The molecule has 0 saturated carbocycles. The lowest BCUT2D eigenvalue weighted by molar-refractivity contribution is -0.142. The van der Waals surface area contributed by atoms with Crippen molar-refractivity contribution in [2.45, 2.75) is 53.6 Å². The van der Waals surface area contributed by atoms with Crippen molar-refractivity contribution in [3.8, 4) is 5.75 Å². The van der Waals surface area contributed by atoms with Gasteiger partial charge in [-0.3, -0.25) is 9.59 Å². The van der Waals surface area contributed by atoms with E-state index in [1.165, 1.54) is 5.56 Å². The Morgan fingerprint density at radius 3 is 2.33 bits per heavy atom. The van der Waals surface area contributed by atoms with E-state index in [0.29, 0.717) is 24.8 Å². The molecule has 0 aliphatic heterocycles. The van der Waals surface area contributed by atoms with E-state index >= 15 is 0 Å². The maximum atomic E-state index is 13.0. The molecule has 5 heteroatoms. The smallest absolute Gasteiger partial charge is 0.261 e. The number of ether oxygens (including phenoxy) is 1. The molecule has 1 N–H and O–H groups in total. The molecule has 2 amide bonds. The van der Waals surface area contributed by atoms with Gasteiger partial charge in [-0.2, -0.15) is 0 Å². The molecule has 0 aromatic heterocycles. The molecule has 2 aromatic carbocycles. The van der Waals surface area contributed by atoms with E-state index in [2.05, 4.69) is 12.2 Å². The summed E-state index contributed by atoms with van der Waals surface area (Å²) in [6, 6.07) is 15.1. The number of rotatable bonds is 10. The van der Waals surface area contributed by atoms with Gasteiger partial charge < -0.3 is 15.0 Å². The molecule has 1 atom stereocenters. The zero-order valence-corrected chi connectivity index (χ0v) is 18.8. The number of carbonyl (C=O) groups is 2. The number of amides is 2. The number of benzene rings is 2. The van der Waals surface area contributed by atoms with Crippen LogP contribution >= 0.6 is 0 Å². The summed E-state index contributed by atoms with van der Waals surface area (Å²) in [5, 5.41) is 2.93. The van der Waals surface area contributed by atoms with Crippen molar-refractivity contribution in [2.75, 3.05) is 13.2 Å². The highest BCUT2D eigenvalue weighted by atomic mass is 16.5. The maximum Gasteiger partial charge on any atom is 0.261 e. The average molecular weight is 411 g/mol. The lowest BCUT2D eigenvalue weighted by Crippen LogP contribution is -2.49. The molecular formula is C25H34N2O3. The summed E-state index contributed by atoms with van der Waals surface area (Å²) < 4.78 is 5.71. The Morgan fingerprint density at radius 1 is 1.03 bits per heavy atom. The van der Waals surface area contributed by atoms with Gasteiger partial charge in [0.2, 0.25) is 5.91 Å². The van der Waals surface area contributed by atoms with Crippen molar-refractivity contribution in [2.24, 2.45) is 5.92 Å². The predicted octanol–water partition coefficient (Wildman–Crippen LogP) is 4.13. The number of carbonyl (C=O) groups excluding carboxylic acids is 2. The van der Waals surface area contributed by atoms with E-state index in [1.54, 1.807) is 11.8 Å². The number of hydrogen-bond donors (Lipinski definition) is 1. The van der Waals surface area contributed by atoms with E-state index < -0.39 is 6.04 Å². The SMILES string of the molecule is CCc1ccc(OCC(=O)N(Cc2cccc(C)c2)[C@H](C)C(=O)NCC(C)C)cc1. The van der Waals surface area contributed by atoms with Crippen LogP contribution in [0.4, 0.5) is 0 Å². The summed E-state index contributed by atoms with van der Waals surface area (Å²) in [7, 11) is 0. The monoisotopic (exact) mass is 410 g/mol. The third kappa shape index (κ3) is 7.21. The molecule has 0 bridgehead atoms. The molecule has 2 rings (SSSR count). The Morgan fingerprint density at radius 2 is 1.73 bits per heavy atom. The highest BCUT2D eigenvalue weighted by Crippen LogP contribution is 2.15. The predicted molar refractivity (Wildman–Crippen MR) is 120 cm³/mol. The molecule has 0 aliphatic rings. The van der Waals surface area contributed by atoms with Crippen LogP contribution in [0.1, 0.15) is 44.4 Å². The van der Waals surface area contributed by atoms with E-state index in [9.17, 15) is 9.59 Å². The Balaban J connectivity index is 2.11. The average Bonchev–Trinajstić information content (AvgIpc) is 2.74. The van der Waals surface area contributed by atoms with Crippen LogP contribution < -0.4 is 10.1 Å². The fourth-order valence-corrected chi connectivity index (χ4v) is 3.09. The van der Waals surface area contributed by atoms with Gasteiger partial charge in [-0.1, -0.05) is 62.7 Å². The molecule has 0 radical (unpaired) electrons. The van der Waals surface area contributed by atoms with Crippen LogP contribution in [0.25, 0.3) is 0 Å².